The largest absolute Gasteiger partial charge is 0.343 e. The first kappa shape index (κ1) is 20.3. The van der Waals surface area contributed by atoms with Crippen molar-refractivity contribution in [3.63, 3.8) is 0 Å². The fourth-order valence-electron chi connectivity index (χ4n) is 2.53. The third-order valence-corrected chi connectivity index (χ3v) is 5.12. The number of likely N-dealkylation sites (N-methyl/N-ethyl adjacent to an activating group) is 1. The maximum atomic E-state index is 12.4. The van der Waals surface area contributed by atoms with Gasteiger partial charge in [0.25, 0.3) is 5.91 Å². The Labute approximate surface area is 164 Å². The van der Waals surface area contributed by atoms with Crippen LogP contribution in [0.3, 0.4) is 0 Å². The average Bonchev–Trinajstić information content (AvgIpc) is 2.60. The SMILES string of the molecule is Cc1ccc(C(=O)NCC(=O)N(C)C(C)c2ccc(Cl)cc2Cl)cc1C. The molecule has 138 valence electrons. The summed E-state index contributed by atoms with van der Waals surface area (Å²) in [6, 6.07) is 10.4. The summed E-state index contributed by atoms with van der Waals surface area (Å²) in [4.78, 5) is 26.2. The van der Waals surface area contributed by atoms with Crippen LogP contribution in [-0.2, 0) is 4.79 Å². The lowest BCUT2D eigenvalue weighted by Gasteiger charge is -2.26. The molecule has 0 saturated carbocycles. The summed E-state index contributed by atoms with van der Waals surface area (Å²) in [5, 5.41) is 3.72. The molecule has 0 aliphatic rings. The van der Waals surface area contributed by atoms with Gasteiger partial charge in [-0.1, -0.05) is 35.3 Å². The molecule has 1 atom stereocenters. The van der Waals surface area contributed by atoms with Crippen LogP contribution >= 0.6 is 23.2 Å². The number of hydrogen-bond acceptors (Lipinski definition) is 2. The molecule has 0 aromatic heterocycles. The number of halogens is 2. The first-order valence-corrected chi connectivity index (χ1v) is 9.02. The normalized spacial score (nSPS) is 11.8. The topological polar surface area (TPSA) is 49.4 Å². The Balaban J connectivity index is 1.99. The van der Waals surface area contributed by atoms with Gasteiger partial charge in [-0.3, -0.25) is 9.59 Å². The Kier molecular flexibility index (Phi) is 6.68. The summed E-state index contributed by atoms with van der Waals surface area (Å²) in [6.07, 6.45) is 0. The molecule has 0 saturated heterocycles. The van der Waals surface area contributed by atoms with Crippen molar-refractivity contribution < 1.29 is 9.59 Å². The summed E-state index contributed by atoms with van der Waals surface area (Å²) in [6.45, 7) is 5.72. The predicted octanol–water partition coefficient (Wildman–Crippen LogP) is 4.56. The second-order valence-electron chi connectivity index (χ2n) is 6.33. The highest BCUT2D eigenvalue weighted by Gasteiger charge is 2.20. The zero-order chi connectivity index (χ0) is 19.4. The predicted molar refractivity (Wildman–Crippen MR) is 106 cm³/mol. The quantitative estimate of drug-likeness (QED) is 0.810. The van der Waals surface area contributed by atoms with Gasteiger partial charge < -0.3 is 10.2 Å². The van der Waals surface area contributed by atoms with E-state index in [1.165, 1.54) is 0 Å². The minimum absolute atomic E-state index is 0.0855. The molecule has 0 radical (unpaired) electrons. The first-order chi connectivity index (χ1) is 12.2. The summed E-state index contributed by atoms with van der Waals surface area (Å²) in [5.41, 5.74) is 3.49. The number of benzene rings is 2. The molecular weight excluding hydrogens is 371 g/mol. The molecule has 0 fully saturated rings. The first-order valence-electron chi connectivity index (χ1n) is 8.26. The lowest BCUT2D eigenvalue weighted by molar-refractivity contribution is -0.130. The van der Waals surface area contributed by atoms with Crippen molar-refractivity contribution in [2.24, 2.45) is 0 Å². The van der Waals surface area contributed by atoms with Gasteiger partial charge in [0, 0.05) is 22.7 Å². The Hall–Kier alpha value is -2.04. The molecule has 2 amide bonds. The zero-order valence-electron chi connectivity index (χ0n) is 15.3. The van der Waals surface area contributed by atoms with Crippen molar-refractivity contribution in [1.29, 1.82) is 0 Å². The van der Waals surface area contributed by atoms with Gasteiger partial charge in [-0.2, -0.15) is 0 Å². The van der Waals surface area contributed by atoms with E-state index in [9.17, 15) is 9.59 Å². The van der Waals surface area contributed by atoms with E-state index in [2.05, 4.69) is 5.32 Å². The maximum absolute atomic E-state index is 12.4. The van der Waals surface area contributed by atoms with Crippen LogP contribution in [-0.4, -0.2) is 30.3 Å². The van der Waals surface area contributed by atoms with Crippen LogP contribution in [0.2, 0.25) is 10.0 Å². The second kappa shape index (κ2) is 8.56. The lowest BCUT2D eigenvalue weighted by atomic mass is 10.1. The Bertz CT molecular complexity index is 837. The summed E-state index contributed by atoms with van der Waals surface area (Å²) < 4.78 is 0. The number of carbonyl (C=O) groups excluding carboxylic acids is 2. The van der Waals surface area contributed by atoms with Crippen molar-refractivity contribution in [3.05, 3.63) is 68.7 Å². The molecule has 1 N–H and O–H groups in total. The van der Waals surface area contributed by atoms with Gasteiger partial charge >= 0.3 is 0 Å². The summed E-state index contributed by atoms with van der Waals surface area (Å²) >= 11 is 12.1. The van der Waals surface area contributed by atoms with Crippen molar-refractivity contribution >= 4 is 35.0 Å². The van der Waals surface area contributed by atoms with Crippen molar-refractivity contribution in [3.8, 4) is 0 Å². The van der Waals surface area contributed by atoms with Crippen LogP contribution < -0.4 is 5.32 Å². The van der Waals surface area contributed by atoms with Gasteiger partial charge in [0.1, 0.15) is 0 Å². The highest BCUT2D eigenvalue weighted by atomic mass is 35.5. The van der Waals surface area contributed by atoms with E-state index in [-0.39, 0.29) is 24.4 Å². The van der Waals surface area contributed by atoms with Gasteiger partial charge in [-0.15, -0.1) is 0 Å². The minimum atomic E-state index is -0.271. The van der Waals surface area contributed by atoms with Crippen molar-refractivity contribution in [2.45, 2.75) is 26.8 Å². The number of nitrogens with one attached hydrogen (secondary N) is 1. The number of nitrogens with zero attached hydrogens (tertiary/aromatic N) is 1. The molecule has 0 aliphatic carbocycles. The Morgan fingerprint density at radius 2 is 1.77 bits per heavy atom. The van der Waals surface area contributed by atoms with Gasteiger partial charge in [-0.05, 0) is 61.7 Å². The molecular formula is C20H22Cl2N2O2. The smallest absolute Gasteiger partial charge is 0.251 e. The van der Waals surface area contributed by atoms with E-state index < -0.39 is 0 Å². The zero-order valence-corrected chi connectivity index (χ0v) is 16.8. The molecule has 0 bridgehead atoms. The second-order valence-corrected chi connectivity index (χ2v) is 7.17. The van der Waals surface area contributed by atoms with Crippen LogP contribution in [0, 0.1) is 13.8 Å². The number of amides is 2. The number of carbonyl (C=O) groups is 2. The van der Waals surface area contributed by atoms with E-state index in [0.29, 0.717) is 15.6 Å². The van der Waals surface area contributed by atoms with Gasteiger partial charge in [-0.25, -0.2) is 0 Å². The molecule has 0 heterocycles. The molecule has 6 heteroatoms. The molecule has 2 aromatic carbocycles. The van der Waals surface area contributed by atoms with E-state index >= 15 is 0 Å². The van der Waals surface area contributed by atoms with E-state index in [1.54, 1.807) is 36.2 Å². The number of hydrogen-bond donors (Lipinski definition) is 1. The minimum Gasteiger partial charge on any atom is -0.343 e. The van der Waals surface area contributed by atoms with E-state index in [1.807, 2.05) is 32.9 Å². The van der Waals surface area contributed by atoms with Crippen LogP contribution in [0.25, 0.3) is 0 Å². The molecule has 1 unspecified atom stereocenters. The van der Waals surface area contributed by atoms with Crippen molar-refractivity contribution in [2.75, 3.05) is 13.6 Å². The molecule has 4 nitrogen and oxygen atoms in total. The standard InChI is InChI=1S/C20H22Cl2N2O2/c1-12-5-6-15(9-13(12)2)20(26)23-11-19(25)24(4)14(3)17-8-7-16(21)10-18(17)22/h5-10,14H,11H2,1-4H3,(H,23,26). The lowest BCUT2D eigenvalue weighted by Crippen LogP contribution is -2.39. The molecule has 0 aliphatic heterocycles. The molecule has 0 spiro atoms. The molecule has 26 heavy (non-hydrogen) atoms. The van der Waals surface area contributed by atoms with E-state index in [0.717, 1.165) is 16.7 Å². The van der Waals surface area contributed by atoms with E-state index in [4.69, 9.17) is 23.2 Å². The van der Waals surface area contributed by atoms with Gasteiger partial charge in [0.2, 0.25) is 5.91 Å². The monoisotopic (exact) mass is 392 g/mol. The van der Waals surface area contributed by atoms with Gasteiger partial charge in [0.05, 0.1) is 12.6 Å². The third kappa shape index (κ3) is 4.77. The summed E-state index contributed by atoms with van der Waals surface area (Å²) in [7, 11) is 1.68. The number of rotatable bonds is 5. The van der Waals surface area contributed by atoms with Gasteiger partial charge in [0.15, 0.2) is 0 Å². The van der Waals surface area contributed by atoms with Crippen molar-refractivity contribution in [1.82, 2.24) is 10.2 Å². The highest BCUT2D eigenvalue weighted by molar-refractivity contribution is 6.35. The van der Waals surface area contributed by atoms with Crippen LogP contribution in [0.4, 0.5) is 0 Å². The highest BCUT2D eigenvalue weighted by Crippen LogP contribution is 2.29. The molecule has 2 rings (SSSR count). The van der Waals surface area contributed by atoms with Crippen LogP contribution in [0.5, 0.6) is 0 Å². The summed E-state index contributed by atoms with van der Waals surface area (Å²) in [5.74, 6) is -0.479. The Morgan fingerprint density at radius 1 is 1.08 bits per heavy atom. The maximum Gasteiger partial charge on any atom is 0.251 e. The van der Waals surface area contributed by atoms with Crippen LogP contribution in [0.1, 0.15) is 40.0 Å². The fraction of sp³-hybridized carbons (Fsp3) is 0.300. The number of aryl methyl sites for hydroxylation is 2. The fourth-order valence-corrected chi connectivity index (χ4v) is 3.10. The van der Waals surface area contributed by atoms with Crippen LogP contribution in [0.15, 0.2) is 36.4 Å². The Morgan fingerprint density at radius 3 is 2.38 bits per heavy atom. The average molecular weight is 393 g/mol. The molecule has 2 aromatic rings. The third-order valence-electron chi connectivity index (χ3n) is 4.56.